The third-order valence-corrected chi connectivity index (χ3v) is 4.67. The second-order valence-electron chi connectivity index (χ2n) is 5.09. The highest BCUT2D eigenvalue weighted by molar-refractivity contribution is 7.13. The average Bonchev–Trinajstić information content (AvgIpc) is 3.36. The highest BCUT2D eigenvalue weighted by Crippen LogP contribution is 2.25. The van der Waals surface area contributed by atoms with Crippen molar-refractivity contribution < 1.29 is 4.79 Å². The number of nitrogens with one attached hydrogen (secondary N) is 3. The van der Waals surface area contributed by atoms with E-state index in [9.17, 15) is 4.79 Å². The van der Waals surface area contributed by atoms with Gasteiger partial charge in [0.15, 0.2) is 11.5 Å². The monoisotopic (exact) mass is 370 g/mol. The van der Waals surface area contributed by atoms with Gasteiger partial charge in [0.1, 0.15) is 0 Å². The summed E-state index contributed by atoms with van der Waals surface area (Å²) in [6.07, 6.45) is 0. The van der Waals surface area contributed by atoms with Crippen LogP contribution in [0.5, 0.6) is 0 Å². The van der Waals surface area contributed by atoms with Crippen molar-refractivity contribution in [2.45, 2.75) is 0 Å². The number of H-pyrrole nitrogens is 2. The normalized spacial score (nSPS) is 10.8. The summed E-state index contributed by atoms with van der Waals surface area (Å²) in [5.74, 6) is 0.228. The van der Waals surface area contributed by atoms with Gasteiger partial charge in [-0.15, -0.1) is 16.4 Å². The Morgan fingerprint density at radius 2 is 2.00 bits per heavy atom. The van der Waals surface area contributed by atoms with Gasteiger partial charge in [-0.3, -0.25) is 20.3 Å². The fourth-order valence-electron chi connectivity index (χ4n) is 2.25. The predicted octanol–water partition coefficient (Wildman–Crippen LogP) is 3.83. The van der Waals surface area contributed by atoms with Gasteiger partial charge in [0.25, 0.3) is 5.91 Å². The third kappa shape index (κ3) is 3.17. The van der Waals surface area contributed by atoms with Crippen molar-refractivity contribution in [2.24, 2.45) is 0 Å². The van der Waals surface area contributed by atoms with Gasteiger partial charge in [-0.1, -0.05) is 29.8 Å². The molecule has 0 unspecified atom stereocenters. The Hall–Kier alpha value is -2.97. The molecule has 25 heavy (non-hydrogen) atoms. The summed E-state index contributed by atoms with van der Waals surface area (Å²) in [4.78, 5) is 17.5. The summed E-state index contributed by atoms with van der Waals surface area (Å²) in [7, 11) is 0. The van der Waals surface area contributed by atoms with Gasteiger partial charge < -0.3 is 0 Å². The van der Waals surface area contributed by atoms with Crippen LogP contribution >= 0.6 is 22.9 Å². The Balaban J connectivity index is 1.51. The van der Waals surface area contributed by atoms with Gasteiger partial charge in [0, 0.05) is 5.56 Å². The fraction of sp³-hybridized carbons (Fsp3) is 0. The Morgan fingerprint density at radius 3 is 2.80 bits per heavy atom. The number of halogens is 1. The van der Waals surface area contributed by atoms with Crippen molar-refractivity contribution in [3.8, 4) is 22.0 Å². The molecule has 0 spiro atoms. The first-order valence-corrected chi connectivity index (χ1v) is 8.54. The number of thiophene rings is 1. The summed E-state index contributed by atoms with van der Waals surface area (Å²) in [6.45, 7) is 0. The fourth-order valence-corrected chi connectivity index (χ4v) is 3.17. The van der Waals surface area contributed by atoms with Crippen LogP contribution in [0.4, 0.5) is 5.95 Å². The molecule has 3 heterocycles. The second-order valence-corrected chi connectivity index (χ2v) is 6.44. The minimum absolute atomic E-state index is 0.153. The van der Waals surface area contributed by atoms with Crippen LogP contribution in [-0.2, 0) is 0 Å². The molecule has 7 nitrogen and oxygen atoms in total. The lowest BCUT2D eigenvalue weighted by molar-refractivity contribution is 0.102. The van der Waals surface area contributed by atoms with Crippen molar-refractivity contribution in [2.75, 3.05) is 5.32 Å². The van der Waals surface area contributed by atoms with Crippen molar-refractivity contribution in [3.05, 3.63) is 58.6 Å². The molecule has 0 saturated heterocycles. The molecular formula is C16H11ClN6OS. The molecule has 0 atom stereocenters. The maximum atomic E-state index is 12.3. The predicted molar refractivity (Wildman–Crippen MR) is 96.7 cm³/mol. The van der Waals surface area contributed by atoms with Crippen molar-refractivity contribution in [3.63, 3.8) is 0 Å². The van der Waals surface area contributed by atoms with E-state index in [-0.39, 0.29) is 11.6 Å². The Morgan fingerprint density at radius 1 is 1.12 bits per heavy atom. The van der Waals surface area contributed by atoms with Crippen LogP contribution in [0.3, 0.4) is 0 Å². The molecule has 1 amide bonds. The smallest absolute Gasteiger partial charge is 0.278 e. The maximum Gasteiger partial charge on any atom is 0.278 e. The van der Waals surface area contributed by atoms with E-state index in [1.165, 1.54) is 0 Å². The molecule has 3 N–H and O–H groups in total. The Kier molecular flexibility index (Phi) is 4.04. The Labute approximate surface area is 151 Å². The van der Waals surface area contributed by atoms with Crippen LogP contribution in [-0.4, -0.2) is 31.3 Å². The van der Waals surface area contributed by atoms with Crippen LogP contribution < -0.4 is 5.32 Å². The van der Waals surface area contributed by atoms with Crippen LogP contribution in [0.2, 0.25) is 5.02 Å². The number of aromatic amines is 2. The average molecular weight is 371 g/mol. The summed E-state index contributed by atoms with van der Waals surface area (Å²) in [5, 5.41) is 18.7. The summed E-state index contributed by atoms with van der Waals surface area (Å²) < 4.78 is 0. The molecule has 0 bridgehead atoms. The topological polar surface area (TPSA) is 99.4 Å². The molecule has 0 saturated carbocycles. The number of anilines is 1. The first-order valence-electron chi connectivity index (χ1n) is 7.28. The third-order valence-electron chi connectivity index (χ3n) is 3.44. The zero-order valence-corrected chi connectivity index (χ0v) is 14.2. The number of amides is 1. The molecule has 0 radical (unpaired) electrons. The van der Waals surface area contributed by atoms with Crippen molar-refractivity contribution >= 4 is 34.8 Å². The molecule has 0 aliphatic rings. The van der Waals surface area contributed by atoms with E-state index in [1.54, 1.807) is 23.5 Å². The van der Waals surface area contributed by atoms with E-state index in [0.29, 0.717) is 16.4 Å². The Bertz CT molecular complexity index is 1020. The van der Waals surface area contributed by atoms with E-state index in [0.717, 1.165) is 10.6 Å². The zero-order valence-electron chi connectivity index (χ0n) is 12.7. The van der Waals surface area contributed by atoms with E-state index >= 15 is 0 Å². The summed E-state index contributed by atoms with van der Waals surface area (Å²) in [5.41, 5.74) is 1.75. The summed E-state index contributed by atoms with van der Waals surface area (Å²) >= 11 is 7.70. The number of aromatic nitrogens is 5. The zero-order chi connectivity index (χ0) is 17.2. The number of rotatable bonds is 4. The van der Waals surface area contributed by atoms with E-state index < -0.39 is 5.91 Å². The number of carbonyl (C=O) groups is 1. The highest BCUT2D eigenvalue weighted by Gasteiger charge is 2.15. The molecule has 9 heteroatoms. The van der Waals surface area contributed by atoms with E-state index in [4.69, 9.17) is 11.6 Å². The van der Waals surface area contributed by atoms with Crippen molar-refractivity contribution in [1.82, 2.24) is 25.4 Å². The SMILES string of the molecule is O=C(Nc1n[nH]c(-c2ccccc2Cl)n1)c1cc(-c2cccs2)[nH]n1. The molecule has 4 aromatic rings. The molecule has 4 rings (SSSR count). The number of nitrogens with zero attached hydrogens (tertiary/aromatic N) is 3. The van der Waals surface area contributed by atoms with Crippen LogP contribution in [0.1, 0.15) is 10.5 Å². The van der Waals surface area contributed by atoms with Gasteiger partial charge in [-0.2, -0.15) is 10.1 Å². The first kappa shape index (κ1) is 15.6. The second kappa shape index (κ2) is 6.50. The standard InChI is InChI=1S/C16H11ClN6OS/c17-10-5-2-1-4-9(10)14-18-16(23-22-14)19-15(24)12-8-11(20-21-12)13-6-3-7-25-13/h1-8H,(H,20,21)(H2,18,19,22,23,24). The molecule has 0 aliphatic carbocycles. The number of carbonyl (C=O) groups excluding carboxylic acids is 1. The largest absolute Gasteiger partial charge is 0.288 e. The van der Waals surface area contributed by atoms with Crippen molar-refractivity contribution in [1.29, 1.82) is 0 Å². The van der Waals surface area contributed by atoms with Gasteiger partial charge in [-0.05, 0) is 29.6 Å². The number of hydrogen-bond acceptors (Lipinski definition) is 5. The quantitative estimate of drug-likeness (QED) is 0.508. The lowest BCUT2D eigenvalue weighted by Gasteiger charge is -1.98. The van der Waals surface area contributed by atoms with Crippen LogP contribution in [0.25, 0.3) is 22.0 Å². The van der Waals surface area contributed by atoms with E-state index in [1.807, 2.05) is 35.7 Å². The summed E-state index contributed by atoms with van der Waals surface area (Å²) in [6, 6.07) is 12.8. The molecule has 0 fully saturated rings. The number of hydrogen-bond donors (Lipinski definition) is 3. The minimum atomic E-state index is -0.399. The van der Waals surface area contributed by atoms with Gasteiger partial charge in [0.2, 0.25) is 5.95 Å². The molecule has 0 aliphatic heterocycles. The van der Waals surface area contributed by atoms with Crippen LogP contribution in [0.15, 0.2) is 47.8 Å². The molecule has 124 valence electrons. The molecular weight excluding hydrogens is 360 g/mol. The highest BCUT2D eigenvalue weighted by atomic mass is 35.5. The number of benzene rings is 1. The lowest BCUT2D eigenvalue weighted by atomic mass is 10.2. The van der Waals surface area contributed by atoms with Gasteiger partial charge in [0.05, 0.1) is 15.6 Å². The van der Waals surface area contributed by atoms with Gasteiger partial charge in [-0.25, -0.2) is 0 Å². The minimum Gasteiger partial charge on any atom is -0.288 e. The van der Waals surface area contributed by atoms with Gasteiger partial charge >= 0.3 is 0 Å². The molecule has 3 aromatic heterocycles. The maximum absolute atomic E-state index is 12.3. The lowest BCUT2D eigenvalue weighted by Crippen LogP contribution is -2.13. The van der Waals surface area contributed by atoms with Crippen LogP contribution in [0, 0.1) is 0 Å². The first-order chi connectivity index (χ1) is 12.2. The molecule has 1 aromatic carbocycles. The van der Waals surface area contributed by atoms with E-state index in [2.05, 4.69) is 30.7 Å².